The molecule has 0 radical (unpaired) electrons. The molecule has 0 saturated heterocycles. The molecule has 1 aromatic carbocycles. The second-order valence-electron chi connectivity index (χ2n) is 4.38. The van der Waals surface area contributed by atoms with Crippen LogP contribution in [0.2, 0.25) is 0 Å². The molecule has 0 aliphatic heterocycles. The minimum Gasteiger partial charge on any atom is -0.322 e. The van der Waals surface area contributed by atoms with Crippen LogP contribution in [-0.2, 0) is 5.54 Å². The van der Waals surface area contributed by atoms with Gasteiger partial charge in [0, 0.05) is 5.54 Å². The lowest BCUT2D eigenvalue weighted by atomic mass is 9.85. The normalized spacial score (nSPS) is 15.8. The molecule has 1 heteroatoms. The van der Waals surface area contributed by atoms with Crippen LogP contribution in [0.5, 0.6) is 0 Å². The van der Waals surface area contributed by atoms with Crippen molar-refractivity contribution in [2.45, 2.75) is 32.7 Å². The Morgan fingerprint density at radius 1 is 1.23 bits per heavy atom. The standard InChI is InChI=1S/C12H19N/c1-10(2)9-12(3,13)11-7-5-4-6-8-11/h4-8,10H,9,13H2,1-3H3/t12-/m1/s1. The molecule has 1 nitrogen and oxygen atoms in total. The van der Waals surface area contributed by atoms with E-state index >= 15 is 0 Å². The summed E-state index contributed by atoms with van der Waals surface area (Å²) < 4.78 is 0. The van der Waals surface area contributed by atoms with Crippen LogP contribution in [0.4, 0.5) is 0 Å². The summed E-state index contributed by atoms with van der Waals surface area (Å²) in [5.41, 5.74) is 7.28. The van der Waals surface area contributed by atoms with Crippen molar-refractivity contribution in [3.8, 4) is 0 Å². The fourth-order valence-corrected chi connectivity index (χ4v) is 1.78. The van der Waals surface area contributed by atoms with E-state index in [-0.39, 0.29) is 5.54 Å². The predicted octanol–water partition coefficient (Wildman–Crippen LogP) is 2.91. The van der Waals surface area contributed by atoms with Gasteiger partial charge in [-0.15, -0.1) is 0 Å². The van der Waals surface area contributed by atoms with Gasteiger partial charge in [0.1, 0.15) is 0 Å². The summed E-state index contributed by atoms with van der Waals surface area (Å²) in [4.78, 5) is 0. The van der Waals surface area contributed by atoms with Crippen LogP contribution in [0, 0.1) is 5.92 Å². The van der Waals surface area contributed by atoms with Crippen molar-refractivity contribution in [3.05, 3.63) is 35.9 Å². The number of rotatable bonds is 3. The molecule has 0 bridgehead atoms. The lowest BCUT2D eigenvalue weighted by Gasteiger charge is -2.27. The van der Waals surface area contributed by atoms with Crippen molar-refractivity contribution in [1.29, 1.82) is 0 Å². The summed E-state index contributed by atoms with van der Waals surface area (Å²) >= 11 is 0. The minimum atomic E-state index is -0.185. The van der Waals surface area contributed by atoms with Gasteiger partial charge in [-0.05, 0) is 24.8 Å². The minimum absolute atomic E-state index is 0.185. The molecule has 0 spiro atoms. The molecule has 0 aliphatic carbocycles. The van der Waals surface area contributed by atoms with E-state index in [1.807, 2.05) is 18.2 Å². The molecule has 1 rings (SSSR count). The van der Waals surface area contributed by atoms with Crippen LogP contribution in [0.25, 0.3) is 0 Å². The summed E-state index contributed by atoms with van der Waals surface area (Å²) in [5, 5.41) is 0. The average Bonchev–Trinajstić information content (AvgIpc) is 2.04. The molecule has 1 aromatic rings. The molecule has 0 saturated carbocycles. The molecule has 0 heterocycles. The topological polar surface area (TPSA) is 26.0 Å². The summed E-state index contributed by atoms with van der Waals surface area (Å²) in [5.74, 6) is 0.634. The smallest absolute Gasteiger partial charge is 0.0383 e. The van der Waals surface area contributed by atoms with E-state index in [1.54, 1.807) is 0 Å². The molecule has 72 valence electrons. The first-order valence-electron chi connectivity index (χ1n) is 4.87. The van der Waals surface area contributed by atoms with Crippen LogP contribution in [0.3, 0.4) is 0 Å². The van der Waals surface area contributed by atoms with Crippen molar-refractivity contribution in [3.63, 3.8) is 0 Å². The van der Waals surface area contributed by atoms with E-state index < -0.39 is 0 Å². The van der Waals surface area contributed by atoms with Gasteiger partial charge in [0.05, 0.1) is 0 Å². The van der Waals surface area contributed by atoms with E-state index in [0.29, 0.717) is 5.92 Å². The highest BCUT2D eigenvalue weighted by atomic mass is 14.7. The number of nitrogens with two attached hydrogens (primary N) is 1. The van der Waals surface area contributed by atoms with E-state index in [2.05, 4.69) is 32.9 Å². The van der Waals surface area contributed by atoms with E-state index in [9.17, 15) is 0 Å². The zero-order chi connectivity index (χ0) is 9.90. The number of benzene rings is 1. The van der Waals surface area contributed by atoms with Gasteiger partial charge in [-0.25, -0.2) is 0 Å². The number of hydrogen-bond acceptors (Lipinski definition) is 1. The second kappa shape index (κ2) is 3.93. The van der Waals surface area contributed by atoms with Crippen molar-refractivity contribution in [2.24, 2.45) is 11.7 Å². The Bertz CT molecular complexity index is 249. The van der Waals surface area contributed by atoms with Gasteiger partial charge in [0.2, 0.25) is 0 Å². The maximum Gasteiger partial charge on any atom is 0.0383 e. The van der Waals surface area contributed by atoms with Gasteiger partial charge in [0.25, 0.3) is 0 Å². The third kappa shape index (κ3) is 2.85. The van der Waals surface area contributed by atoms with Crippen LogP contribution < -0.4 is 5.73 Å². The lowest BCUT2D eigenvalue weighted by molar-refractivity contribution is 0.380. The first-order valence-corrected chi connectivity index (χ1v) is 4.87. The SMILES string of the molecule is CC(C)C[C@@](C)(N)c1ccccc1. The third-order valence-corrected chi connectivity index (χ3v) is 2.27. The van der Waals surface area contributed by atoms with Gasteiger partial charge in [-0.3, -0.25) is 0 Å². The lowest BCUT2D eigenvalue weighted by Crippen LogP contribution is -2.34. The molecular formula is C12H19N. The summed E-state index contributed by atoms with van der Waals surface area (Å²) in [6.07, 6.45) is 1.02. The highest BCUT2D eigenvalue weighted by Gasteiger charge is 2.21. The first kappa shape index (κ1) is 10.3. The third-order valence-electron chi connectivity index (χ3n) is 2.27. The molecule has 0 fully saturated rings. The highest BCUT2D eigenvalue weighted by molar-refractivity contribution is 5.22. The van der Waals surface area contributed by atoms with Crippen molar-refractivity contribution in [2.75, 3.05) is 0 Å². The summed E-state index contributed by atoms with van der Waals surface area (Å²) in [6.45, 7) is 6.50. The summed E-state index contributed by atoms with van der Waals surface area (Å²) in [7, 11) is 0. The first-order chi connectivity index (χ1) is 6.02. The van der Waals surface area contributed by atoms with Crippen LogP contribution in [-0.4, -0.2) is 0 Å². The van der Waals surface area contributed by atoms with Crippen LogP contribution in [0.15, 0.2) is 30.3 Å². The second-order valence-corrected chi connectivity index (χ2v) is 4.38. The molecule has 0 unspecified atom stereocenters. The van der Waals surface area contributed by atoms with Crippen molar-refractivity contribution in [1.82, 2.24) is 0 Å². The quantitative estimate of drug-likeness (QED) is 0.754. The van der Waals surface area contributed by atoms with Gasteiger partial charge in [-0.1, -0.05) is 44.2 Å². The van der Waals surface area contributed by atoms with Crippen molar-refractivity contribution < 1.29 is 0 Å². The molecule has 13 heavy (non-hydrogen) atoms. The molecule has 0 aromatic heterocycles. The number of hydrogen-bond donors (Lipinski definition) is 1. The fraction of sp³-hybridized carbons (Fsp3) is 0.500. The molecule has 2 N–H and O–H groups in total. The molecule has 0 amide bonds. The van der Waals surface area contributed by atoms with E-state index in [4.69, 9.17) is 5.73 Å². The van der Waals surface area contributed by atoms with Crippen molar-refractivity contribution >= 4 is 0 Å². The van der Waals surface area contributed by atoms with Gasteiger partial charge >= 0.3 is 0 Å². The molecular weight excluding hydrogens is 158 g/mol. The molecule has 0 aliphatic rings. The van der Waals surface area contributed by atoms with Gasteiger partial charge in [-0.2, -0.15) is 0 Å². The maximum absolute atomic E-state index is 6.24. The van der Waals surface area contributed by atoms with Crippen LogP contribution >= 0.6 is 0 Å². The largest absolute Gasteiger partial charge is 0.322 e. The zero-order valence-electron chi connectivity index (χ0n) is 8.75. The summed E-state index contributed by atoms with van der Waals surface area (Å²) in [6, 6.07) is 10.3. The Hall–Kier alpha value is -0.820. The highest BCUT2D eigenvalue weighted by Crippen LogP contribution is 2.24. The van der Waals surface area contributed by atoms with Gasteiger partial charge in [0.15, 0.2) is 0 Å². The fourth-order valence-electron chi connectivity index (χ4n) is 1.78. The monoisotopic (exact) mass is 177 g/mol. The van der Waals surface area contributed by atoms with Crippen LogP contribution in [0.1, 0.15) is 32.8 Å². The zero-order valence-corrected chi connectivity index (χ0v) is 8.75. The molecule has 1 atom stereocenters. The Kier molecular flexibility index (Phi) is 3.10. The Morgan fingerprint density at radius 2 is 1.77 bits per heavy atom. The maximum atomic E-state index is 6.24. The Morgan fingerprint density at radius 3 is 2.23 bits per heavy atom. The van der Waals surface area contributed by atoms with E-state index in [1.165, 1.54) is 5.56 Å². The predicted molar refractivity (Wildman–Crippen MR) is 57.4 cm³/mol. The average molecular weight is 177 g/mol. The van der Waals surface area contributed by atoms with Gasteiger partial charge < -0.3 is 5.73 Å². The Labute approximate surface area is 81.0 Å². The van der Waals surface area contributed by atoms with E-state index in [0.717, 1.165) is 6.42 Å². The Balaban J connectivity index is 2.81.